The highest BCUT2D eigenvalue weighted by Gasteiger charge is 2.30. The molecule has 1 atom stereocenters. The van der Waals surface area contributed by atoms with E-state index in [9.17, 15) is 9.59 Å². The van der Waals surface area contributed by atoms with Gasteiger partial charge in [0.2, 0.25) is 5.91 Å². The zero-order valence-electron chi connectivity index (χ0n) is 16.2. The molecule has 150 valence electrons. The van der Waals surface area contributed by atoms with Crippen LogP contribution in [0.25, 0.3) is 0 Å². The van der Waals surface area contributed by atoms with Gasteiger partial charge in [0, 0.05) is 23.6 Å². The number of amides is 1. The molecule has 1 aliphatic heterocycles. The normalized spacial score (nSPS) is 16.0. The van der Waals surface area contributed by atoms with Gasteiger partial charge in [0.15, 0.2) is 11.5 Å². The van der Waals surface area contributed by atoms with Gasteiger partial charge >= 0.3 is 5.97 Å². The van der Waals surface area contributed by atoms with Crippen LogP contribution in [0.4, 0.5) is 5.69 Å². The fourth-order valence-electron chi connectivity index (χ4n) is 3.42. The number of anilines is 1. The van der Waals surface area contributed by atoms with Crippen molar-refractivity contribution >= 4 is 28.9 Å². The molecule has 28 heavy (non-hydrogen) atoms. The molecule has 0 saturated carbocycles. The van der Waals surface area contributed by atoms with Crippen LogP contribution in [0, 0.1) is 0 Å². The number of rotatable bonds is 7. The molecule has 2 aromatic rings. The number of thiophene rings is 1. The van der Waals surface area contributed by atoms with Crippen LogP contribution in [0.5, 0.6) is 11.5 Å². The third-order valence-corrected chi connectivity index (χ3v) is 5.78. The summed E-state index contributed by atoms with van der Waals surface area (Å²) >= 11 is 1.67. The van der Waals surface area contributed by atoms with E-state index in [1.165, 1.54) is 26.2 Å². The Morgan fingerprint density at radius 1 is 1.21 bits per heavy atom. The zero-order chi connectivity index (χ0) is 20.1. The van der Waals surface area contributed by atoms with E-state index < -0.39 is 5.97 Å². The highest BCUT2D eigenvalue weighted by molar-refractivity contribution is 7.10. The lowest BCUT2D eigenvalue weighted by atomic mass is 10.1. The summed E-state index contributed by atoms with van der Waals surface area (Å²) < 4.78 is 15.4. The molecule has 3 rings (SSSR count). The van der Waals surface area contributed by atoms with Crippen molar-refractivity contribution in [2.75, 3.05) is 39.7 Å². The molecule has 1 fully saturated rings. The van der Waals surface area contributed by atoms with Gasteiger partial charge < -0.3 is 24.4 Å². The fourth-order valence-corrected chi connectivity index (χ4v) is 4.29. The summed E-state index contributed by atoms with van der Waals surface area (Å²) in [5.74, 6) is 0.342. The van der Waals surface area contributed by atoms with Crippen molar-refractivity contribution < 1.29 is 23.8 Å². The summed E-state index contributed by atoms with van der Waals surface area (Å²) in [4.78, 5) is 28.1. The van der Waals surface area contributed by atoms with Crippen molar-refractivity contribution in [2.45, 2.75) is 18.9 Å². The Morgan fingerprint density at radius 2 is 1.96 bits per heavy atom. The lowest BCUT2D eigenvalue weighted by Gasteiger charge is -2.24. The predicted octanol–water partition coefficient (Wildman–Crippen LogP) is 3.33. The summed E-state index contributed by atoms with van der Waals surface area (Å²) in [5.41, 5.74) is 0.744. The molecular weight excluding hydrogens is 380 g/mol. The van der Waals surface area contributed by atoms with Gasteiger partial charge in [0.25, 0.3) is 0 Å². The quantitative estimate of drug-likeness (QED) is 0.714. The predicted molar refractivity (Wildman–Crippen MR) is 107 cm³/mol. The van der Waals surface area contributed by atoms with Crippen molar-refractivity contribution in [1.29, 1.82) is 0 Å². The Bertz CT molecular complexity index is 837. The second-order valence-corrected chi connectivity index (χ2v) is 7.34. The molecule has 1 saturated heterocycles. The average molecular weight is 404 g/mol. The molecule has 7 nitrogen and oxygen atoms in total. The van der Waals surface area contributed by atoms with Crippen LogP contribution >= 0.6 is 11.3 Å². The number of hydrogen-bond acceptors (Lipinski definition) is 7. The fraction of sp³-hybridized carbons (Fsp3) is 0.400. The number of carbonyl (C=O) groups excluding carboxylic acids is 2. The van der Waals surface area contributed by atoms with Gasteiger partial charge in [0.1, 0.15) is 0 Å². The average Bonchev–Trinajstić information content (AvgIpc) is 3.42. The maximum Gasteiger partial charge on any atom is 0.340 e. The van der Waals surface area contributed by atoms with E-state index in [-0.39, 0.29) is 24.1 Å². The number of hydrogen-bond donors (Lipinski definition) is 1. The second kappa shape index (κ2) is 8.97. The summed E-state index contributed by atoms with van der Waals surface area (Å²) in [6.45, 7) is 0.806. The van der Waals surface area contributed by atoms with Crippen molar-refractivity contribution in [3.63, 3.8) is 0 Å². The lowest BCUT2D eigenvalue weighted by Crippen LogP contribution is -2.35. The third kappa shape index (κ3) is 4.06. The molecule has 1 amide bonds. The van der Waals surface area contributed by atoms with Gasteiger partial charge in [-0.1, -0.05) is 6.07 Å². The van der Waals surface area contributed by atoms with Crippen LogP contribution < -0.4 is 14.8 Å². The molecule has 1 aromatic heterocycles. The molecule has 0 radical (unpaired) electrons. The minimum atomic E-state index is -0.520. The van der Waals surface area contributed by atoms with E-state index >= 15 is 0 Å². The Kier molecular flexibility index (Phi) is 6.41. The van der Waals surface area contributed by atoms with Crippen LogP contribution in [0.2, 0.25) is 0 Å². The number of nitrogens with zero attached hydrogens (tertiary/aromatic N) is 1. The summed E-state index contributed by atoms with van der Waals surface area (Å²) in [7, 11) is 4.32. The van der Waals surface area contributed by atoms with E-state index in [1.54, 1.807) is 23.5 Å². The molecule has 8 heteroatoms. The second-order valence-electron chi connectivity index (χ2n) is 6.36. The van der Waals surface area contributed by atoms with Crippen LogP contribution in [-0.4, -0.2) is 51.2 Å². The number of nitrogens with one attached hydrogen (secondary N) is 1. The molecule has 1 N–H and O–H groups in total. The minimum absolute atomic E-state index is 0.0125. The van der Waals surface area contributed by atoms with E-state index in [0.29, 0.717) is 17.2 Å². The van der Waals surface area contributed by atoms with Gasteiger partial charge in [-0.15, -0.1) is 11.3 Å². The first kappa shape index (κ1) is 20.0. The van der Waals surface area contributed by atoms with Gasteiger partial charge in [-0.2, -0.15) is 0 Å². The van der Waals surface area contributed by atoms with Crippen molar-refractivity contribution in [1.82, 2.24) is 4.90 Å². The minimum Gasteiger partial charge on any atom is -0.493 e. The molecule has 2 heterocycles. The van der Waals surface area contributed by atoms with Crippen LogP contribution in [0.1, 0.15) is 34.1 Å². The zero-order valence-corrected chi connectivity index (χ0v) is 17.0. The van der Waals surface area contributed by atoms with Crippen molar-refractivity contribution in [3.8, 4) is 11.5 Å². The van der Waals surface area contributed by atoms with E-state index in [0.717, 1.165) is 19.4 Å². The number of benzene rings is 1. The maximum atomic E-state index is 12.8. The first-order chi connectivity index (χ1) is 13.6. The molecule has 1 aliphatic rings. The molecule has 1 aromatic carbocycles. The van der Waals surface area contributed by atoms with E-state index in [2.05, 4.69) is 11.4 Å². The molecular formula is C20H24N2O5S. The highest BCUT2D eigenvalue weighted by Crippen LogP contribution is 2.36. The van der Waals surface area contributed by atoms with Gasteiger partial charge in [-0.05, 0) is 24.3 Å². The number of methoxy groups -OCH3 is 3. The Labute approximate surface area is 168 Å². The van der Waals surface area contributed by atoms with Crippen molar-refractivity contribution in [3.05, 3.63) is 40.1 Å². The SMILES string of the molecule is COC(=O)c1cc(OC)c(OC)cc1NCC(=O)N1CCC[C@H]1c1cccs1. The highest BCUT2D eigenvalue weighted by atomic mass is 32.1. The van der Waals surface area contributed by atoms with Crippen LogP contribution in [0.15, 0.2) is 29.6 Å². The first-order valence-electron chi connectivity index (χ1n) is 9.00. The number of esters is 1. The van der Waals surface area contributed by atoms with E-state index in [4.69, 9.17) is 14.2 Å². The standard InChI is InChI=1S/C20H24N2O5S/c1-25-16-10-13(20(24)27-3)14(11-17(16)26-2)21-12-19(23)22-8-4-6-15(22)18-7-5-9-28-18/h5,7,9-11,15,21H,4,6,8,12H2,1-3H3/t15-/m0/s1. The van der Waals surface area contributed by atoms with E-state index in [1.807, 2.05) is 16.3 Å². The molecule has 0 unspecified atom stereocenters. The van der Waals surface area contributed by atoms with Crippen molar-refractivity contribution in [2.24, 2.45) is 0 Å². The van der Waals surface area contributed by atoms with Crippen LogP contribution in [0.3, 0.4) is 0 Å². The van der Waals surface area contributed by atoms with Gasteiger partial charge in [-0.3, -0.25) is 4.79 Å². The smallest absolute Gasteiger partial charge is 0.340 e. The topological polar surface area (TPSA) is 77.1 Å². The van der Waals surface area contributed by atoms with Crippen LogP contribution in [-0.2, 0) is 9.53 Å². The Morgan fingerprint density at radius 3 is 2.61 bits per heavy atom. The molecule has 0 spiro atoms. The maximum absolute atomic E-state index is 12.8. The first-order valence-corrected chi connectivity index (χ1v) is 9.88. The van der Waals surface area contributed by atoms with Gasteiger partial charge in [-0.25, -0.2) is 4.79 Å². The summed E-state index contributed by atoms with van der Waals surface area (Å²) in [5, 5.41) is 5.10. The number of likely N-dealkylation sites (tertiary alicyclic amines) is 1. The largest absolute Gasteiger partial charge is 0.493 e. The molecule has 0 bridgehead atoms. The molecule has 0 aliphatic carbocycles. The number of ether oxygens (including phenoxy) is 3. The summed E-state index contributed by atoms with van der Waals surface area (Å²) in [6.07, 6.45) is 1.95. The Hall–Kier alpha value is -2.74. The monoisotopic (exact) mass is 404 g/mol. The van der Waals surface area contributed by atoms with Gasteiger partial charge in [0.05, 0.1) is 45.2 Å². The number of carbonyl (C=O) groups is 2. The lowest BCUT2D eigenvalue weighted by molar-refractivity contribution is -0.130. The Balaban J connectivity index is 1.77. The summed E-state index contributed by atoms with van der Waals surface area (Å²) in [6, 6.07) is 7.38. The third-order valence-electron chi connectivity index (χ3n) is 4.80.